The average Bonchev–Trinajstić information content (AvgIpc) is 3.09. The van der Waals surface area contributed by atoms with Gasteiger partial charge in [-0.15, -0.1) is 0 Å². The predicted octanol–water partition coefficient (Wildman–Crippen LogP) is 6.20. The van der Waals surface area contributed by atoms with Crippen molar-refractivity contribution in [3.05, 3.63) is 70.9 Å². The highest BCUT2D eigenvalue weighted by Gasteiger charge is 2.22. The normalized spacial score (nSPS) is 19.2. The van der Waals surface area contributed by atoms with Crippen molar-refractivity contribution in [3.63, 3.8) is 0 Å². The molecule has 5 rings (SSSR count). The number of rotatable bonds is 5. The summed E-state index contributed by atoms with van der Waals surface area (Å²) in [6, 6.07) is 17.7. The van der Waals surface area contributed by atoms with Gasteiger partial charge in [0.15, 0.2) is 0 Å². The average molecular weight is 433 g/mol. The number of aromatic nitrogens is 2. The molecule has 0 aliphatic heterocycles. The maximum atomic E-state index is 6.16. The van der Waals surface area contributed by atoms with Crippen molar-refractivity contribution in [1.82, 2.24) is 14.9 Å². The summed E-state index contributed by atoms with van der Waals surface area (Å²) in [6.45, 7) is 3.04. The monoisotopic (exact) mass is 432 g/mol. The molecule has 0 saturated heterocycles. The number of hydrogen-bond acceptors (Lipinski definition) is 3. The molecule has 0 unspecified atom stereocenters. The first kappa shape index (κ1) is 20.3. The summed E-state index contributed by atoms with van der Waals surface area (Å²) in [4.78, 5) is 4.83. The van der Waals surface area contributed by atoms with Gasteiger partial charge in [0.25, 0.3) is 0 Å². The zero-order valence-corrected chi connectivity index (χ0v) is 18.9. The Morgan fingerprint density at radius 2 is 1.90 bits per heavy atom. The highest BCUT2D eigenvalue weighted by atomic mass is 35.5. The highest BCUT2D eigenvalue weighted by molar-refractivity contribution is 6.31. The largest absolute Gasteiger partial charge is 0.367 e. The first-order valence-corrected chi connectivity index (χ1v) is 11.5. The molecule has 31 heavy (non-hydrogen) atoms. The Morgan fingerprint density at radius 3 is 2.81 bits per heavy atom. The van der Waals surface area contributed by atoms with E-state index in [1.165, 1.54) is 41.3 Å². The van der Waals surface area contributed by atoms with Gasteiger partial charge in [0.1, 0.15) is 5.82 Å². The van der Waals surface area contributed by atoms with Gasteiger partial charge in [0.2, 0.25) is 0 Å². The summed E-state index contributed by atoms with van der Waals surface area (Å²) >= 11 is 6.16. The van der Waals surface area contributed by atoms with E-state index in [9.17, 15) is 0 Å². The molecule has 1 aliphatic carbocycles. The molecule has 1 saturated carbocycles. The van der Waals surface area contributed by atoms with Gasteiger partial charge in [0, 0.05) is 53.2 Å². The van der Waals surface area contributed by atoms with Gasteiger partial charge in [-0.1, -0.05) is 29.8 Å². The summed E-state index contributed by atoms with van der Waals surface area (Å²) in [5.41, 5.74) is 4.87. The molecule has 1 aliphatic rings. The number of nitrogens with one attached hydrogen (secondary N) is 2. The number of nitrogens with zero attached hydrogens (tertiary/aromatic N) is 2. The lowest BCUT2D eigenvalue weighted by atomic mass is 9.90. The number of aryl methyl sites for hydroxylation is 2. The molecular formula is C26H29ClN4. The summed E-state index contributed by atoms with van der Waals surface area (Å²) in [5, 5.41) is 10.7. The van der Waals surface area contributed by atoms with Gasteiger partial charge in [-0.3, -0.25) is 0 Å². The molecule has 2 heterocycles. The summed E-state index contributed by atoms with van der Waals surface area (Å²) < 4.78 is 2.22. The van der Waals surface area contributed by atoms with Crippen LogP contribution in [-0.2, 0) is 13.6 Å². The minimum atomic E-state index is 0.440. The second-order valence-electron chi connectivity index (χ2n) is 8.85. The molecule has 4 aromatic rings. The van der Waals surface area contributed by atoms with E-state index < -0.39 is 0 Å². The Labute approximate surface area is 188 Å². The fraction of sp³-hybridized carbons (Fsp3) is 0.346. The van der Waals surface area contributed by atoms with Crippen LogP contribution in [0.1, 0.15) is 36.8 Å². The maximum absolute atomic E-state index is 6.16. The van der Waals surface area contributed by atoms with E-state index in [0.29, 0.717) is 12.1 Å². The van der Waals surface area contributed by atoms with Gasteiger partial charge in [0.05, 0.1) is 5.52 Å². The Morgan fingerprint density at radius 1 is 1.06 bits per heavy atom. The second-order valence-corrected chi connectivity index (χ2v) is 9.29. The van der Waals surface area contributed by atoms with Crippen LogP contribution in [0.5, 0.6) is 0 Å². The van der Waals surface area contributed by atoms with E-state index in [-0.39, 0.29) is 0 Å². The van der Waals surface area contributed by atoms with E-state index in [4.69, 9.17) is 16.6 Å². The van der Waals surface area contributed by atoms with Crippen molar-refractivity contribution in [2.45, 2.75) is 51.2 Å². The highest BCUT2D eigenvalue weighted by Crippen LogP contribution is 2.27. The predicted molar refractivity (Wildman–Crippen MR) is 131 cm³/mol. The number of anilines is 1. The number of fused-ring (bicyclic) bond motifs is 2. The van der Waals surface area contributed by atoms with Gasteiger partial charge in [-0.2, -0.15) is 0 Å². The second kappa shape index (κ2) is 8.52. The van der Waals surface area contributed by atoms with E-state index in [2.05, 4.69) is 65.7 Å². The first-order chi connectivity index (χ1) is 15.1. The van der Waals surface area contributed by atoms with Gasteiger partial charge in [-0.25, -0.2) is 4.98 Å². The van der Waals surface area contributed by atoms with Crippen LogP contribution >= 0.6 is 11.6 Å². The van der Waals surface area contributed by atoms with Crippen molar-refractivity contribution in [2.24, 2.45) is 7.05 Å². The summed E-state index contributed by atoms with van der Waals surface area (Å²) in [5.74, 6) is 0.965. The van der Waals surface area contributed by atoms with E-state index in [1.807, 2.05) is 18.2 Å². The molecule has 2 aromatic heterocycles. The van der Waals surface area contributed by atoms with Crippen molar-refractivity contribution in [1.29, 1.82) is 0 Å². The molecule has 160 valence electrons. The molecule has 5 heteroatoms. The Hall–Kier alpha value is -2.56. The molecule has 0 bridgehead atoms. The van der Waals surface area contributed by atoms with Crippen molar-refractivity contribution < 1.29 is 0 Å². The van der Waals surface area contributed by atoms with Gasteiger partial charge < -0.3 is 15.2 Å². The van der Waals surface area contributed by atoms with Crippen LogP contribution < -0.4 is 10.6 Å². The van der Waals surface area contributed by atoms with Crippen LogP contribution in [0.3, 0.4) is 0 Å². The fourth-order valence-electron chi connectivity index (χ4n) is 4.98. The minimum absolute atomic E-state index is 0.440. The fourth-order valence-corrected chi connectivity index (χ4v) is 5.15. The third-order valence-corrected chi connectivity index (χ3v) is 6.80. The van der Waals surface area contributed by atoms with E-state index in [0.717, 1.165) is 34.7 Å². The Bertz CT molecular complexity index is 1230. The third kappa shape index (κ3) is 4.28. The Kier molecular flexibility index (Phi) is 5.59. The van der Waals surface area contributed by atoms with Crippen molar-refractivity contribution in [3.8, 4) is 0 Å². The van der Waals surface area contributed by atoms with Gasteiger partial charge >= 0.3 is 0 Å². The lowest BCUT2D eigenvalue weighted by Crippen LogP contribution is -2.38. The van der Waals surface area contributed by atoms with Crippen LogP contribution in [0.4, 0.5) is 5.82 Å². The van der Waals surface area contributed by atoms with Crippen LogP contribution in [0, 0.1) is 6.92 Å². The van der Waals surface area contributed by atoms with Crippen molar-refractivity contribution >= 4 is 39.2 Å². The maximum Gasteiger partial charge on any atom is 0.127 e. The number of pyridine rings is 1. The lowest BCUT2D eigenvalue weighted by molar-refractivity contribution is 0.350. The van der Waals surface area contributed by atoms with E-state index in [1.54, 1.807) is 0 Å². The van der Waals surface area contributed by atoms with Gasteiger partial charge in [-0.05, 0) is 74.1 Å². The molecule has 2 atom stereocenters. The molecule has 2 N–H and O–H groups in total. The quantitative estimate of drug-likeness (QED) is 0.394. The number of halogens is 1. The zero-order valence-electron chi connectivity index (χ0n) is 18.2. The molecule has 2 aromatic carbocycles. The molecule has 4 nitrogen and oxygen atoms in total. The molecule has 0 radical (unpaired) electrons. The summed E-state index contributed by atoms with van der Waals surface area (Å²) in [7, 11) is 2.12. The molecule has 1 fully saturated rings. The number of hydrogen-bond donors (Lipinski definition) is 2. The number of benzene rings is 2. The van der Waals surface area contributed by atoms with Crippen LogP contribution in [0.15, 0.2) is 54.7 Å². The van der Waals surface area contributed by atoms with Crippen molar-refractivity contribution in [2.75, 3.05) is 5.32 Å². The van der Waals surface area contributed by atoms with Crippen LogP contribution in [0.2, 0.25) is 5.02 Å². The smallest absolute Gasteiger partial charge is 0.127 e. The lowest BCUT2D eigenvalue weighted by Gasteiger charge is -2.31. The third-order valence-electron chi connectivity index (χ3n) is 6.56. The van der Waals surface area contributed by atoms with Crippen LogP contribution in [0.25, 0.3) is 21.8 Å². The molecule has 0 spiro atoms. The standard InChI is InChI=1S/C26H29ClN4/c1-17-12-26(30-24-11-10-19(27)13-23(17)24)29-21-7-5-6-20(14-21)28-15-18-16-31(2)25-9-4-3-8-22(18)25/h3-4,8-13,16,20-21,28H,5-7,14-15H2,1-2H3,(H,29,30)/t20-,21-/m0/s1. The van der Waals surface area contributed by atoms with Crippen LogP contribution in [-0.4, -0.2) is 21.6 Å². The number of para-hydroxylation sites is 1. The topological polar surface area (TPSA) is 41.9 Å². The zero-order chi connectivity index (χ0) is 21.4. The Balaban J connectivity index is 1.25. The minimum Gasteiger partial charge on any atom is -0.367 e. The SMILES string of the molecule is Cc1cc(N[C@H]2CCC[C@H](NCc3cn(C)c4ccccc34)C2)nc2ccc(Cl)cc12. The molecule has 0 amide bonds. The van der Waals surface area contributed by atoms with E-state index >= 15 is 0 Å². The molecular weight excluding hydrogens is 404 g/mol. The first-order valence-electron chi connectivity index (χ1n) is 11.2. The summed E-state index contributed by atoms with van der Waals surface area (Å²) in [6.07, 6.45) is 7.01.